The largest absolute Gasteiger partial charge is 0.306 e. The Labute approximate surface area is 65.4 Å². The Kier molecular flexibility index (Phi) is 2.25. The molecule has 1 heterocycles. The summed E-state index contributed by atoms with van der Waals surface area (Å²) in [6.45, 7) is 0. The van der Waals surface area contributed by atoms with Crippen LogP contribution in [0.25, 0.3) is 0 Å². The van der Waals surface area contributed by atoms with Gasteiger partial charge in [-0.2, -0.15) is 0 Å². The zero-order chi connectivity index (χ0) is 7.56. The Hall–Kier alpha value is -0.600. The molecule has 0 saturated heterocycles. The molecule has 0 amide bonds. The molecule has 0 aliphatic rings. The molecule has 0 radical (unpaired) electrons. The van der Waals surface area contributed by atoms with Gasteiger partial charge in [0.2, 0.25) is 0 Å². The summed E-state index contributed by atoms with van der Waals surface area (Å²) >= 11 is 5.71. The van der Waals surface area contributed by atoms with Crippen LogP contribution in [-0.2, 0) is 0 Å². The fraction of sp³-hybridized carbons (Fsp3) is 0.286. The Balaban J connectivity index is 2.96. The van der Waals surface area contributed by atoms with Crippen LogP contribution in [0.4, 0.5) is 5.69 Å². The first-order valence-electron chi connectivity index (χ1n) is 3.11. The van der Waals surface area contributed by atoms with E-state index in [4.69, 9.17) is 11.6 Å². The molecular weight excluding hydrogens is 148 g/mol. The second kappa shape index (κ2) is 2.99. The molecule has 0 bridgehead atoms. The summed E-state index contributed by atoms with van der Waals surface area (Å²) in [5, 5.41) is 0.693. The predicted molar refractivity (Wildman–Crippen MR) is 41.7 cm³/mol. The van der Waals surface area contributed by atoms with E-state index in [1.165, 1.54) is 4.90 Å². The van der Waals surface area contributed by atoms with Gasteiger partial charge in [-0.3, -0.25) is 4.98 Å². The van der Waals surface area contributed by atoms with Crippen molar-refractivity contribution >= 4 is 17.3 Å². The standard InChI is InChI=1S/C7H9ClN2/c1-10(2)7-3-6(8)4-9-5-7/h3-5H,1-2H3/p+1. The number of aromatic nitrogens is 1. The minimum Gasteiger partial charge on any atom is -0.306 e. The van der Waals surface area contributed by atoms with Crippen LogP contribution in [0.1, 0.15) is 0 Å². The molecule has 2 nitrogen and oxygen atoms in total. The summed E-state index contributed by atoms with van der Waals surface area (Å²) in [5.41, 5.74) is 1.10. The number of quaternary nitrogens is 1. The molecule has 1 aromatic rings. The topological polar surface area (TPSA) is 17.3 Å². The van der Waals surface area contributed by atoms with Gasteiger partial charge in [0.15, 0.2) is 5.69 Å². The van der Waals surface area contributed by atoms with E-state index in [2.05, 4.69) is 4.98 Å². The average Bonchev–Trinajstić information content (AvgIpc) is 1.88. The molecule has 0 unspecified atom stereocenters. The normalized spacial score (nSPS) is 10.4. The van der Waals surface area contributed by atoms with Crippen LogP contribution in [0.2, 0.25) is 5.02 Å². The van der Waals surface area contributed by atoms with Crippen molar-refractivity contribution in [1.82, 2.24) is 4.98 Å². The van der Waals surface area contributed by atoms with Crippen LogP contribution < -0.4 is 4.90 Å². The quantitative estimate of drug-likeness (QED) is 0.629. The minimum absolute atomic E-state index is 0.693. The molecule has 54 valence electrons. The van der Waals surface area contributed by atoms with E-state index >= 15 is 0 Å². The third-order valence-corrected chi connectivity index (χ3v) is 1.49. The van der Waals surface area contributed by atoms with Crippen LogP contribution in [0.15, 0.2) is 18.5 Å². The van der Waals surface area contributed by atoms with Crippen molar-refractivity contribution in [3.63, 3.8) is 0 Å². The Bertz CT molecular complexity index is 223. The first kappa shape index (κ1) is 7.51. The number of hydrogen-bond donors (Lipinski definition) is 1. The lowest BCUT2D eigenvalue weighted by atomic mass is 10.4. The molecule has 3 heteroatoms. The summed E-state index contributed by atoms with van der Waals surface area (Å²) < 4.78 is 0. The van der Waals surface area contributed by atoms with Crippen molar-refractivity contribution in [3.05, 3.63) is 23.5 Å². The van der Waals surface area contributed by atoms with E-state index in [1.807, 2.05) is 20.2 Å². The molecule has 0 aliphatic heterocycles. The van der Waals surface area contributed by atoms with E-state index in [0.29, 0.717) is 5.02 Å². The number of rotatable bonds is 1. The lowest BCUT2D eigenvalue weighted by molar-refractivity contribution is -0.786. The highest BCUT2D eigenvalue weighted by molar-refractivity contribution is 6.30. The number of halogens is 1. The molecule has 0 fully saturated rings. The minimum atomic E-state index is 0.693. The first-order valence-corrected chi connectivity index (χ1v) is 3.49. The molecular formula is C7H10ClN2+. The lowest BCUT2D eigenvalue weighted by Crippen LogP contribution is -3.00. The molecule has 1 aromatic heterocycles. The van der Waals surface area contributed by atoms with Gasteiger partial charge < -0.3 is 4.90 Å². The second-order valence-corrected chi connectivity index (χ2v) is 2.83. The van der Waals surface area contributed by atoms with E-state index in [1.54, 1.807) is 12.4 Å². The van der Waals surface area contributed by atoms with Crippen LogP contribution >= 0.6 is 11.6 Å². The van der Waals surface area contributed by atoms with Crippen molar-refractivity contribution in [3.8, 4) is 0 Å². The van der Waals surface area contributed by atoms with Gasteiger partial charge in [-0.15, -0.1) is 0 Å². The van der Waals surface area contributed by atoms with Gasteiger partial charge in [0, 0.05) is 12.3 Å². The zero-order valence-electron chi connectivity index (χ0n) is 6.06. The molecule has 0 aliphatic carbocycles. The third kappa shape index (κ3) is 1.69. The Morgan fingerprint density at radius 2 is 2.10 bits per heavy atom. The van der Waals surface area contributed by atoms with Crippen molar-refractivity contribution in [1.29, 1.82) is 0 Å². The van der Waals surface area contributed by atoms with Crippen molar-refractivity contribution in [2.45, 2.75) is 0 Å². The number of pyridine rings is 1. The highest BCUT2D eigenvalue weighted by Crippen LogP contribution is 2.08. The van der Waals surface area contributed by atoms with Gasteiger partial charge >= 0.3 is 0 Å². The fourth-order valence-corrected chi connectivity index (χ4v) is 0.859. The summed E-state index contributed by atoms with van der Waals surface area (Å²) in [6, 6.07) is 1.91. The molecule has 10 heavy (non-hydrogen) atoms. The zero-order valence-corrected chi connectivity index (χ0v) is 6.81. The second-order valence-electron chi connectivity index (χ2n) is 2.39. The summed E-state index contributed by atoms with van der Waals surface area (Å²) in [5.74, 6) is 0. The van der Waals surface area contributed by atoms with E-state index in [0.717, 1.165) is 5.69 Å². The van der Waals surface area contributed by atoms with Crippen molar-refractivity contribution in [2.75, 3.05) is 14.1 Å². The van der Waals surface area contributed by atoms with Gasteiger partial charge in [-0.1, -0.05) is 11.6 Å². The molecule has 0 atom stereocenters. The summed E-state index contributed by atoms with van der Waals surface area (Å²) in [7, 11) is 4.07. The van der Waals surface area contributed by atoms with Gasteiger partial charge in [-0.05, 0) is 0 Å². The van der Waals surface area contributed by atoms with E-state index in [-0.39, 0.29) is 0 Å². The number of nitrogens with one attached hydrogen (secondary N) is 1. The SMILES string of the molecule is C[NH+](C)c1cncc(Cl)c1. The van der Waals surface area contributed by atoms with Crippen LogP contribution in [0.5, 0.6) is 0 Å². The lowest BCUT2D eigenvalue weighted by Gasteiger charge is -2.04. The summed E-state index contributed by atoms with van der Waals surface area (Å²) in [4.78, 5) is 5.18. The van der Waals surface area contributed by atoms with Crippen LogP contribution in [0, 0.1) is 0 Å². The highest BCUT2D eigenvalue weighted by atomic mass is 35.5. The van der Waals surface area contributed by atoms with E-state index < -0.39 is 0 Å². The number of nitrogens with zero attached hydrogens (tertiary/aromatic N) is 1. The van der Waals surface area contributed by atoms with E-state index in [9.17, 15) is 0 Å². The van der Waals surface area contributed by atoms with Gasteiger partial charge in [0.1, 0.15) is 0 Å². The Morgan fingerprint density at radius 3 is 2.50 bits per heavy atom. The highest BCUT2D eigenvalue weighted by Gasteiger charge is 1.99. The molecule has 1 rings (SSSR count). The third-order valence-electron chi connectivity index (χ3n) is 1.28. The maximum Gasteiger partial charge on any atom is 0.150 e. The van der Waals surface area contributed by atoms with Crippen LogP contribution in [0.3, 0.4) is 0 Å². The first-order chi connectivity index (χ1) is 4.70. The molecule has 0 spiro atoms. The monoisotopic (exact) mass is 157 g/mol. The fourth-order valence-electron chi connectivity index (χ4n) is 0.685. The molecule has 1 N–H and O–H groups in total. The Morgan fingerprint density at radius 1 is 1.40 bits per heavy atom. The van der Waals surface area contributed by atoms with Gasteiger partial charge in [0.05, 0.1) is 25.3 Å². The average molecular weight is 158 g/mol. The maximum atomic E-state index is 5.71. The summed E-state index contributed by atoms with van der Waals surface area (Å²) in [6.07, 6.45) is 3.44. The predicted octanol–water partition coefficient (Wildman–Crippen LogP) is 0.511. The van der Waals surface area contributed by atoms with Gasteiger partial charge in [0.25, 0.3) is 0 Å². The van der Waals surface area contributed by atoms with Crippen LogP contribution in [-0.4, -0.2) is 19.1 Å². The number of hydrogen-bond acceptors (Lipinski definition) is 1. The van der Waals surface area contributed by atoms with Crippen molar-refractivity contribution in [2.24, 2.45) is 0 Å². The molecule has 0 saturated carbocycles. The molecule has 0 aromatic carbocycles. The van der Waals surface area contributed by atoms with Gasteiger partial charge in [-0.25, -0.2) is 0 Å². The smallest absolute Gasteiger partial charge is 0.150 e. The van der Waals surface area contributed by atoms with Crippen molar-refractivity contribution < 1.29 is 4.90 Å². The maximum absolute atomic E-state index is 5.71.